The van der Waals surface area contributed by atoms with Gasteiger partial charge in [-0.05, 0) is 36.4 Å². The van der Waals surface area contributed by atoms with E-state index in [2.05, 4.69) is 29.7 Å². The van der Waals surface area contributed by atoms with Gasteiger partial charge in [0.2, 0.25) is 0 Å². The number of nitrogens with zero attached hydrogens (tertiary/aromatic N) is 6. The minimum absolute atomic E-state index is 0.00575. The molecule has 3 aromatic rings. The second-order valence-corrected chi connectivity index (χ2v) is 9.29. The van der Waals surface area contributed by atoms with Crippen molar-refractivity contribution >= 4 is 17.9 Å². The summed E-state index contributed by atoms with van der Waals surface area (Å²) in [6, 6.07) is 14.8. The van der Waals surface area contributed by atoms with Gasteiger partial charge in [-0.2, -0.15) is 0 Å². The molecule has 0 aliphatic carbocycles. The summed E-state index contributed by atoms with van der Waals surface area (Å²) in [5, 5.41) is 28.0. The third kappa shape index (κ3) is 8.11. The Hall–Kier alpha value is -4.26. The van der Waals surface area contributed by atoms with E-state index < -0.39 is 17.9 Å². The summed E-state index contributed by atoms with van der Waals surface area (Å²) in [4.78, 5) is 53.5. The molecule has 12 heteroatoms. The van der Waals surface area contributed by atoms with Crippen LogP contribution in [0.25, 0.3) is 0 Å². The fourth-order valence-corrected chi connectivity index (χ4v) is 4.41. The van der Waals surface area contributed by atoms with Crippen LogP contribution in [0.2, 0.25) is 0 Å². The Morgan fingerprint density at radius 3 is 1.00 bits per heavy atom. The molecule has 3 N–H and O–H groups in total. The number of carbonyl (C=O) groups is 3. The van der Waals surface area contributed by atoms with E-state index in [0.29, 0.717) is 76.0 Å². The summed E-state index contributed by atoms with van der Waals surface area (Å²) in [6.07, 6.45) is 0. The fraction of sp³-hybridized carbons (Fsp3) is 0.333. The van der Waals surface area contributed by atoms with Crippen LogP contribution in [0.5, 0.6) is 0 Å². The SMILES string of the molecule is O=C(O)c1cccc(CN2CCN(Cc3cccc(C(=O)O)n3)CCN(Cc3cccc(C(=O)O)n3)CC2)n1. The molecule has 39 heavy (non-hydrogen) atoms. The van der Waals surface area contributed by atoms with Gasteiger partial charge in [0.1, 0.15) is 17.1 Å². The van der Waals surface area contributed by atoms with Crippen LogP contribution in [0.4, 0.5) is 0 Å². The maximum Gasteiger partial charge on any atom is 0.354 e. The van der Waals surface area contributed by atoms with Crippen molar-refractivity contribution in [1.82, 2.24) is 29.7 Å². The lowest BCUT2D eigenvalue weighted by atomic mass is 10.2. The molecule has 0 atom stereocenters. The van der Waals surface area contributed by atoms with Crippen molar-refractivity contribution in [2.75, 3.05) is 39.3 Å². The number of aromatic carboxylic acids is 3. The molecule has 1 fully saturated rings. The molecule has 1 aliphatic rings. The molecule has 0 spiro atoms. The van der Waals surface area contributed by atoms with Crippen molar-refractivity contribution in [3.8, 4) is 0 Å². The number of carboxylic acids is 3. The van der Waals surface area contributed by atoms with Crippen LogP contribution in [-0.4, -0.2) is 102 Å². The highest BCUT2D eigenvalue weighted by atomic mass is 16.4. The van der Waals surface area contributed by atoms with Crippen LogP contribution in [0.3, 0.4) is 0 Å². The maximum absolute atomic E-state index is 11.4. The minimum Gasteiger partial charge on any atom is -0.477 e. The van der Waals surface area contributed by atoms with Crippen molar-refractivity contribution in [3.05, 3.63) is 88.8 Å². The average molecular weight is 535 g/mol. The number of hydrogen-bond acceptors (Lipinski definition) is 9. The molecule has 12 nitrogen and oxygen atoms in total. The highest BCUT2D eigenvalue weighted by Crippen LogP contribution is 2.12. The molecule has 0 bridgehead atoms. The Bertz CT molecular complexity index is 1160. The van der Waals surface area contributed by atoms with E-state index in [1.165, 1.54) is 18.2 Å². The Kier molecular flexibility index (Phi) is 9.26. The van der Waals surface area contributed by atoms with Gasteiger partial charge in [0.15, 0.2) is 0 Å². The highest BCUT2D eigenvalue weighted by Gasteiger charge is 2.19. The predicted molar refractivity (Wildman–Crippen MR) is 139 cm³/mol. The fourth-order valence-electron chi connectivity index (χ4n) is 4.41. The second-order valence-electron chi connectivity index (χ2n) is 9.29. The molecule has 0 aromatic carbocycles. The molecule has 4 rings (SSSR count). The van der Waals surface area contributed by atoms with E-state index in [0.717, 1.165) is 0 Å². The third-order valence-corrected chi connectivity index (χ3v) is 6.43. The highest BCUT2D eigenvalue weighted by molar-refractivity contribution is 5.86. The third-order valence-electron chi connectivity index (χ3n) is 6.43. The van der Waals surface area contributed by atoms with E-state index in [-0.39, 0.29) is 17.1 Å². The van der Waals surface area contributed by atoms with E-state index in [4.69, 9.17) is 0 Å². The monoisotopic (exact) mass is 534 g/mol. The van der Waals surface area contributed by atoms with Crippen LogP contribution >= 0.6 is 0 Å². The second kappa shape index (κ2) is 13.0. The summed E-state index contributed by atoms with van der Waals surface area (Å²) < 4.78 is 0. The molecule has 1 saturated heterocycles. The standard InChI is InChI=1S/C27H30N6O6/c34-25(35)22-7-1-4-19(28-22)16-31-10-12-32(17-20-5-2-8-23(29-20)26(36)37)14-15-33(13-11-31)18-21-6-3-9-24(30-21)27(38)39/h1-9H,10-18H2,(H,34,35)(H,36,37)(H,38,39). The maximum atomic E-state index is 11.4. The summed E-state index contributed by atoms with van der Waals surface area (Å²) in [5.41, 5.74) is 1.94. The van der Waals surface area contributed by atoms with Gasteiger partial charge in [-0.1, -0.05) is 18.2 Å². The molecule has 0 unspecified atom stereocenters. The predicted octanol–water partition coefficient (Wildman–Crippen LogP) is 1.79. The number of aromatic nitrogens is 3. The van der Waals surface area contributed by atoms with Crippen molar-refractivity contribution in [1.29, 1.82) is 0 Å². The van der Waals surface area contributed by atoms with E-state index in [9.17, 15) is 29.7 Å². The zero-order chi connectivity index (χ0) is 27.8. The van der Waals surface area contributed by atoms with Crippen molar-refractivity contribution in [2.45, 2.75) is 19.6 Å². The Balaban J connectivity index is 1.52. The molecule has 0 radical (unpaired) electrons. The molecule has 204 valence electrons. The van der Waals surface area contributed by atoms with Crippen LogP contribution in [-0.2, 0) is 19.6 Å². The van der Waals surface area contributed by atoms with Gasteiger partial charge in [-0.25, -0.2) is 29.3 Å². The smallest absolute Gasteiger partial charge is 0.354 e. The summed E-state index contributed by atoms with van der Waals surface area (Å²) in [6.45, 7) is 5.45. The molecular weight excluding hydrogens is 504 g/mol. The summed E-state index contributed by atoms with van der Waals surface area (Å²) >= 11 is 0. The Morgan fingerprint density at radius 2 is 0.769 bits per heavy atom. The quantitative estimate of drug-likeness (QED) is 0.366. The van der Waals surface area contributed by atoms with Crippen molar-refractivity contribution in [3.63, 3.8) is 0 Å². The van der Waals surface area contributed by atoms with Crippen molar-refractivity contribution < 1.29 is 29.7 Å². The molecule has 0 amide bonds. The molecular formula is C27H30N6O6. The molecule has 1 aliphatic heterocycles. The zero-order valence-electron chi connectivity index (χ0n) is 21.3. The van der Waals surface area contributed by atoms with Gasteiger partial charge >= 0.3 is 17.9 Å². The normalized spacial score (nSPS) is 15.7. The Morgan fingerprint density at radius 1 is 0.513 bits per heavy atom. The van der Waals surface area contributed by atoms with Gasteiger partial charge in [0.05, 0.1) is 17.1 Å². The van der Waals surface area contributed by atoms with Gasteiger partial charge in [-0.3, -0.25) is 14.7 Å². The van der Waals surface area contributed by atoms with Crippen molar-refractivity contribution in [2.24, 2.45) is 0 Å². The Labute approximate surface area is 225 Å². The van der Waals surface area contributed by atoms with Crippen LogP contribution in [0.1, 0.15) is 48.5 Å². The first-order chi connectivity index (χ1) is 18.8. The van der Waals surface area contributed by atoms with Gasteiger partial charge in [-0.15, -0.1) is 0 Å². The zero-order valence-corrected chi connectivity index (χ0v) is 21.3. The van der Waals surface area contributed by atoms with Gasteiger partial charge < -0.3 is 15.3 Å². The first-order valence-electron chi connectivity index (χ1n) is 12.5. The lowest BCUT2D eigenvalue weighted by molar-refractivity contribution is 0.0679. The average Bonchev–Trinajstić information content (AvgIpc) is 3.01. The van der Waals surface area contributed by atoms with Gasteiger partial charge in [0, 0.05) is 58.9 Å². The summed E-state index contributed by atoms with van der Waals surface area (Å²) in [5.74, 6) is -3.23. The number of rotatable bonds is 9. The minimum atomic E-state index is -1.08. The first kappa shape index (κ1) is 27.8. The number of hydrogen-bond donors (Lipinski definition) is 3. The van der Waals surface area contributed by atoms with E-state index in [1.54, 1.807) is 36.4 Å². The van der Waals surface area contributed by atoms with E-state index >= 15 is 0 Å². The molecule has 3 aromatic heterocycles. The molecule has 4 heterocycles. The van der Waals surface area contributed by atoms with Gasteiger partial charge in [0.25, 0.3) is 0 Å². The lowest BCUT2D eigenvalue weighted by Crippen LogP contribution is -2.35. The van der Waals surface area contributed by atoms with Crippen LogP contribution in [0.15, 0.2) is 54.6 Å². The van der Waals surface area contributed by atoms with E-state index in [1.807, 2.05) is 0 Å². The number of pyridine rings is 3. The lowest BCUT2D eigenvalue weighted by Gasteiger charge is -2.25. The topological polar surface area (TPSA) is 160 Å². The molecule has 0 saturated carbocycles. The summed E-state index contributed by atoms with van der Waals surface area (Å²) in [7, 11) is 0. The van der Waals surface area contributed by atoms with Crippen LogP contribution in [0, 0.1) is 0 Å². The first-order valence-corrected chi connectivity index (χ1v) is 12.5. The largest absolute Gasteiger partial charge is 0.477 e. The number of carboxylic acid groups (broad SMARTS) is 3. The van der Waals surface area contributed by atoms with Crippen LogP contribution < -0.4 is 0 Å².